The molecule has 1 heterocycles. The number of rotatable bonds is 1. The minimum atomic E-state index is -0.184. The van der Waals surface area contributed by atoms with Crippen molar-refractivity contribution >= 4 is 0 Å². The molecular weight excluding hydrogens is 229 g/mol. The zero-order chi connectivity index (χ0) is 6.69. The Morgan fingerprint density at radius 2 is 2.44 bits per heavy atom. The molecule has 1 saturated heterocycles. The zero-order valence-corrected chi connectivity index (χ0v) is 7.76. The number of hydrogen-bond acceptors (Lipinski definition) is 2. The predicted octanol–water partition coefficient (Wildman–Crippen LogP) is -3.22. The normalized spacial score (nSPS) is 37.1. The van der Waals surface area contributed by atoms with E-state index in [1.807, 2.05) is 0 Å². The monoisotopic (exact) mass is 242 g/mol. The van der Waals surface area contributed by atoms with Gasteiger partial charge in [0.25, 0.3) is 0 Å². The first-order chi connectivity index (χ1) is 4.34. The third-order valence-electron chi connectivity index (χ3n) is 1.63. The number of nitrogens with one attached hydrogen (secondary N) is 1. The Morgan fingerprint density at radius 1 is 1.67 bits per heavy atom. The molecule has 0 aromatic rings. The molecule has 2 nitrogen and oxygen atoms in total. The van der Waals surface area contributed by atoms with Gasteiger partial charge in [-0.2, -0.15) is 0 Å². The fourth-order valence-electron chi connectivity index (χ4n) is 1.06. The Morgan fingerprint density at radius 3 is 2.89 bits per heavy atom. The van der Waals surface area contributed by atoms with Gasteiger partial charge in [0, 0.05) is 0 Å². The van der Waals surface area contributed by atoms with Gasteiger partial charge in [-0.05, 0) is 0 Å². The van der Waals surface area contributed by atoms with Crippen LogP contribution in [0.2, 0.25) is 0 Å². The van der Waals surface area contributed by atoms with Gasteiger partial charge in [-0.3, -0.25) is 0 Å². The minimum absolute atomic E-state index is 0.184. The number of piperidine rings is 1. The van der Waals surface area contributed by atoms with Crippen LogP contribution < -0.4 is 26.5 Å². The van der Waals surface area contributed by atoms with E-state index in [2.05, 4.69) is 10.2 Å². The maximum atomic E-state index is 9.29. The summed E-state index contributed by atoms with van der Waals surface area (Å²) in [6.07, 6.45) is 2.30. The Balaban J connectivity index is 2.30. The summed E-state index contributed by atoms with van der Waals surface area (Å²) in [5.74, 6) is 0. The summed E-state index contributed by atoms with van der Waals surface area (Å²) in [6.45, 7) is 1.00. The fraction of sp³-hybridized carbons (Fsp3) is 1.00. The molecule has 0 bridgehead atoms. The van der Waals surface area contributed by atoms with E-state index >= 15 is 0 Å². The summed E-state index contributed by atoms with van der Waals surface area (Å²) < 4.78 is 0.609. The Labute approximate surface area is 66.3 Å². The average molecular weight is 242 g/mol. The van der Waals surface area contributed by atoms with Gasteiger partial charge in [0.1, 0.15) is 0 Å². The molecule has 2 atom stereocenters. The van der Waals surface area contributed by atoms with Crippen LogP contribution in [0.25, 0.3) is 0 Å². The van der Waals surface area contributed by atoms with Crippen LogP contribution >= 0.6 is 0 Å². The summed E-state index contributed by atoms with van der Waals surface area (Å²) in [5, 5.41) is 12.4. The molecular formula is C6H13INO-. The third kappa shape index (κ3) is 2.05. The van der Waals surface area contributed by atoms with Crippen LogP contribution in [-0.4, -0.2) is 26.7 Å². The first kappa shape index (κ1) is 7.75. The van der Waals surface area contributed by atoms with Crippen molar-refractivity contribution in [3.8, 4) is 0 Å². The van der Waals surface area contributed by atoms with Crippen LogP contribution in [0.15, 0.2) is 0 Å². The van der Waals surface area contributed by atoms with Crippen LogP contribution in [0.3, 0.4) is 0 Å². The van der Waals surface area contributed by atoms with Crippen molar-refractivity contribution in [2.24, 2.45) is 0 Å². The van der Waals surface area contributed by atoms with E-state index in [4.69, 9.17) is 0 Å². The van der Waals surface area contributed by atoms with Crippen molar-refractivity contribution in [2.45, 2.75) is 23.0 Å². The van der Waals surface area contributed by atoms with Gasteiger partial charge in [-0.25, -0.2) is 0 Å². The molecule has 0 aromatic carbocycles. The summed E-state index contributed by atoms with van der Waals surface area (Å²) in [5.41, 5.74) is 0. The summed E-state index contributed by atoms with van der Waals surface area (Å²) in [7, 11) is 0. The van der Waals surface area contributed by atoms with Gasteiger partial charge < -0.3 is 0 Å². The number of alkyl halides is 2. The first-order valence-corrected chi connectivity index (χ1v) is 6.64. The van der Waals surface area contributed by atoms with Gasteiger partial charge in [0.2, 0.25) is 0 Å². The summed E-state index contributed by atoms with van der Waals surface area (Å²) in [4.78, 5) is 2.24. The van der Waals surface area contributed by atoms with Gasteiger partial charge in [0.15, 0.2) is 0 Å². The molecule has 1 aliphatic rings. The first-order valence-electron chi connectivity index (χ1n) is 3.24. The Hall–Kier alpha value is 0.650. The molecule has 0 radical (unpaired) electrons. The summed E-state index contributed by atoms with van der Waals surface area (Å²) >= 11 is 0.234. The third-order valence-corrected chi connectivity index (χ3v) is 4.54. The van der Waals surface area contributed by atoms with Crippen molar-refractivity contribution in [1.29, 1.82) is 0 Å². The van der Waals surface area contributed by atoms with Crippen LogP contribution in [0.4, 0.5) is 0 Å². The molecule has 2 N–H and O–H groups in total. The molecule has 1 fully saturated rings. The molecule has 0 aliphatic carbocycles. The van der Waals surface area contributed by atoms with Gasteiger partial charge in [-0.1, -0.05) is 0 Å². The second-order valence-electron chi connectivity index (χ2n) is 2.28. The second-order valence-corrected chi connectivity index (χ2v) is 5.12. The number of aliphatic hydroxyl groups is 1. The molecule has 0 spiro atoms. The Bertz CT molecular complexity index is 89.1. The molecule has 1 aliphatic heterocycles. The van der Waals surface area contributed by atoms with Crippen molar-refractivity contribution in [2.75, 3.05) is 11.5 Å². The predicted molar refractivity (Wildman–Crippen MR) is 33.0 cm³/mol. The van der Waals surface area contributed by atoms with Crippen LogP contribution in [-0.2, 0) is 0 Å². The fourth-order valence-corrected chi connectivity index (χ4v) is 3.06. The number of aliphatic hydroxyl groups excluding tert-OH is 1. The SMILES string of the molecule is C[I-][C@@H]1CCCNC1O. The van der Waals surface area contributed by atoms with Gasteiger partial charge in [-0.15, -0.1) is 0 Å². The molecule has 0 amide bonds. The van der Waals surface area contributed by atoms with Crippen molar-refractivity contribution < 1.29 is 26.3 Å². The van der Waals surface area contributed by atoms with Crippen molar-refractivity contribution in [1.82, 2.24) is 5.32 Å². The molecule has 1 unspecified atom stereocenters. The average Bonchev–Trinajstić information content (AvgIpc) is 1.89. The topological polar surface area (TPSA) is 32.3 Å². The molecule has 3 heteroatoms. The molecule has 1 rings (SSSR count). The quantitative estimate of drug-likeness (QED) is 0.374. The van der Waals surface area contributed by atoms with E-state index in [-0.39, 0.29) is 27.4 Å². The number of halogens is 1. The molecule has 56 valence electrons. The van der Waals surface area contributed by atoms with Crippen molar-refractivity contribution in [3.05, 3.63) is 0 Å². The van der Waals surface area contributed by atoms with Gasteiger partial charge in [0.05, 0.1) is 0 Å². The van der Waals surface area contributed by atoms with Gasteiger partial charge >= 0.3 is 66.1 Å². The van der Waals surface area contributed by atoms with E-state index in [0.717, 1.165) is 6.54 Å². The van der Waals surface area contributed by atoms with E-state index in [1.165, 1.54) is 12.8 Å². The molecule has 9 heavy (non-hydrogen) atoms. The van der Waals surface area contributed by atoms with E-state index in [1.54, 1.807) is 0 Å². The van der Waals surface area contributed by atoms with Crippen LogP contribution in [0, 0.1) is 0 Å². The van der Waals surface area contributed by atoms with Crippen LogP contribution in [0.1, 0.15) is 12.8 Å². The molecule has 0 aromatic heterocycles. The van der Waals surface area contributed by atoms with E-state index in [9.17, 15) is 5.11 Å². The number of hydrogen-bond donors (Lipinski definition) is 2. The second kappa shape index (κ2) is 3.73. The molecule has 0 saturated carbocycles. The zero-order valence-electron chi connectivity index (χ0n) is 5.60. The van der Waals surface area contributed by atoms with Crippen LogP contribution in [0.5, 0.6) is 0 Å². The van der Waals surface area contributed by atoms with E-state index < -0.39 is 0 Å². The van der Waals surface area contributed by atoms with E-state index in [0.29, 0.717) is 3.92 Å². The van der Waals surface area contributed by atoms with Crippen molar-refractivity contribution in [3.63, 3.8) is 0 Å². The summed E-state index contributed by atoms with van der Waals surface area (Å²) in [6, 6.07) is 0. The maximum absolute atomic E-state index is 9.29. The standard InChI is InChI=1S/C6H13INO/c1-7-5-3-2-4-8-6(5)9/h5-6,8-9H,2-4H2,1H3/q-1/t5-,6?/m1/s1. The Kier molecular flexibility index (Phi) is 3.21.